The molecule has 0 aliphatic carbocycles. The predicted molar refractivity (Wildman–Crippen MR) is 301 cm³/mol. The Labute approximate surface area is 471 Å². The maximum atomic E-state index is 12.7. The second-order valence-corrected chi connectivity index (χ2v) is 20.4. The summed E-state index contributed by atoms with van der Waals surface area (Å²) in [6.07, 6.45) is 20.0. The molecule has 0 aliphatic rings. The third-order valence-electron chi connectivity index (χ3n) is 12.1. The number of benzene rings is 1. The molecule has 0 unspecified atom stereocenters. The Morgan fingerprint density at radius 1 is 0.570 bits per heavy atom. The Balaban J connectivity index is -0.000000738. The minimum atomic E-state index is -4.67. The van der Waals surface area contributed by atoms with Crippen LogP contribution in [0.3, 0.4) is 0 Å². The number of carboxylic acids is 2. The molecule has 10 N–H and O–H groups in total. The zero-order valence-corrected chi connectivity index (χ0v) is 48.4. The molecule has 1 aromatic rings. The lowest BCUT2D eigenvalue weighted by Crippen LogP contribution is -2.43. The largest absolute Gasteiger partial charge is 0.524 e. The maximum absolute atomic E-state index is 12.7. The molecule has 23 nitrogen and oxygen atoms in total. The first-order valence-electron chi connectivity index (χ1n) is 28.0. The van der Waals surface area contributed by atoms with Gasteiger partial charge in [-0.1, -0.05) is 109 Å². The molecule has 460 valence electrons. The fraction of sp³-hybridized carbons (Fsp3) is 0.745. The molecule has 0 radical (unpaired) electrons. The molecule has 0 bridgehead atoms. The van der Waals surface area contributed by atoms with Crippen molar-refractivity contribution in [3.63, 3.8) is 0 Å². The molecule has 1 aromatic carbocycles. The Morgan fingerprint density at radius 3 is 1.57 bits per heavy atom. The van der Waals surface area contributed by atoms with Crippen molar-refractivity contribution in [2.24, 2.45) is 5.92 Å². The highest BCUT2D eigenvalue weighted by atomic mass is 31.2. The van der Waals surface area contributed by atoms with Gasteiger partial charge in [0.05, 0.1) is 39.1 Å². The molecule has 0 aromatic heterocycles. The summed E-state index contributed by atoms with van der Waals surface area (Å²) < 4.78 is 36.4. The van der Waals surface area contributed by atoms with Gasteiger partial charge in [0, 0.05) is 54.2 Å². The number of carboxylic acid groups (broad SMARTS) is 2. The third kappa shape index (κ3) is 48.7. The van der Waals surface area contributed by atoms with Crippen LogP contribution in [-0.2, 0) is 68.3 Å². The van der Waals surface area contributed by atoms with E-state index in [1.807, 2.05) is 13.8 Å². The fourth-order valence-electron chi connectivity index (χ4n) is 7.70. The molecular weight excluding hydrogens is 1050 g/mol. The molecule has 3 atom stereocenters. The van der Waals surface area contributed by atoms with E-state index in [2.05, 4.69) is 25.8 Å². The number of amides is 4. The summed E-state index contributed by atoms with van der Waals surface area (Å²) >= 11 is 0. The van der Waals surface area contributed by atoms with Crippen LogP contribution >= 0.6 is 7.82 Å². The van der Waals surface area contributed by atoms with Crippen LogP contribution in [-0.4, -0.2) is 151 Å². The summed E-state index contributed by atoms with van der Waals surface area (Å²) in [5.74, 6) is -3.32. The molecule has 0 fully saturated rings. The smallest absolute Gasteiger partial charge is 0.481 e. The van der Waals surface area contributed by atoms with Crippen molar-refractivity contribution in [2.75, 3.05) is 65.9 Å². The van der Waals surface area contributed by atoms with E-state index in [-0.39, 0.29) is 101 Å². The molecule has 0 saturated heterocycles. The SMILES string of the molecule is CCCC(=O)CC[C@H](NC(=O)CCCCCCCCCCCCCCCCC(=O)O)C(=O)O.CCOCCOCC(=O)NCCOCCOCC(=O)NCCCC[C@H](C)C(=O)N[C@@H](Cc1ccc(OP(=O)(O)O)cc1)C(C)=O.O.[HH].[HH]. The predicted octanol–water partition coefficient (Wildman–Crippen LogP) is 6.60. The number of unbranched alkanes of at least 4 members (excludes halogenated alkanes) is 14. The van der Waals surface area contributed by atoms with Crippen LogP contribution in [0, 0.1) is 5.92 Å². The van der Waals surface area contributed by atoms with Crippen LogP contribution in [0.2, 0.25) is 0 Å². The molecule has 0 aliphatic heterocycles. The van der Waals surface area contributed by atoms with Gasteiger partial charge in [-0.2, -0.15) is 0 Å². The van der Waals surface area contributed by atoms with Gasteiger partial charge in [0.2, 0.25) is 23.6 Å². The first-order chi connectivity index (χ1) is 37.3. The molecule has 4 amide bonds. The normalized spacial score (nSPS) is 12.1. The summed E-state index contributed by atoms with van der Waals surface area (Å²) in [7, 11) is -4.67. The lowest BCUT2D eigenvalue weighted by molar-refractivity contribution is -0.142. The highest BCUT2D eigenvalue weighted by Gasteiger charge is 2.23. The summed E-state index contributed by atoms with van der Waals surface area (Å²) in [4.78, 5) is 111. The number of phosphoric ester groups is 1. The number of nitrogens with one attached hydrogen (secondary N) is 4. The molecule has 1 rings (SSSR count). The quantitative estimate of drug-likeness (QED) is 0.0252. The molecule has 0 saturated carbocycles. The zero-order chi connectivity index (χ0) is 58.2. The van der Waals surface area contributed by atoms with E-state index in [1.165, 1.54) is 70.4 Å². The van der Waals surface area contributed by atoms with Crippen LogP contribution in [0.4, 0.5) is 0 Å². The number of hydrogen-bond donors (Lipinski definition) is 8. The van der Waals surface area contributed by atoms with Gasteiger partial charge in [0.25, 0.3) is 0 Å². The van der Waals surface area contributed by atoms with E-state index in [0.29, 0.717) is 83.6 Å². The summed E-state index contributed by atoms with van der Waals surface area (Å²) in [6.45, 7) is 9.78. The van der Waals surface area contributed by atoms with E-state index in [0.717, 1.165) is 44.9 Å². The Morgan fingerprint density at radius 2 is 1.08 bits per heavy atom. The number of carbonyl (C=O) groups is 8. The van der Waals surface area contributed by atoms with E-state index in [4.69, 9.17) is 33.8 Å². The number of carbonyl (C=O) groups excluding carboxylic acids is 6. The van der Waals surface area contributed by atoms with Crippen LogP contribution in [0.25, 0.3) is 0 Å². The highest BCUT2D eigenvalue weighted by molar-refractivity contribution is 7.46. The summed E-state index contributed by atoms with van der Waals surface area (Å²) in [5, 5.41) is 28.6. The highest BCUT2D eigenvalue weighted by Crippen LogP contribution is 2.37. The lowest BCUT2D eigenvalue weighted by Gasteiger charge is -2.19. The molecule has 24 heteroatoms. The van der Waals surface area contributed by atoms with Crippen LogP contribution in [0.5, 0.6) is 5.75 Å². The van der Waals surface area contributed by atoms with Gasteiger partial charge >= 0.3 is 19.8 Å². The molecule has 0 spiro atoms. The molecule has 0 heterocycles. The van der Waals surface area contributed by atoms with Gasteiger partial charge in [-0.05, 0) is 76.5 Å². The Hall–Kier alpha value is -4.87. The average Bonchev–Trinajstić information content (AvgIpc) is 3.37. The van der Waals surface area contributed by atoms with Crippen molar-refractivity contribution in [3.05, 3.63) is 29.8 Å². The maximum Gasteiger partial charge on any atom is 0.524 e. The van der Waals surface area contributed by atoms with Crippen LogP contribution in [0.1, 0.15) is 184 Å². The van der Waals surface area contributed by atoms with Crippen molar-refractivity contribution in [3.8, 4) is 5.75 Å². The summed E-state index contributed by atoms with van der Waals surface area (Å²) in [6, 6.07) is 4.17. The Kier molecular flexibility index (Phi) is 48.3. The number of ketones is 2. The van der Waals surface area contributed by atoms with Gasteiger partial charge in [-0.15, -0.1) is 0 Å². The zero-order valence-electron chi connectivity index (χ0n) is 47.5. The number of rotatable bonds is 50. The van der Waals surface area contributed by atoms with Crippen molar-refractivity contribution < 1.29 is 94.7 Å². The van der Waals surface area contributed by atoms with Gasteiger partial charge in [0.15, 0.2) is 5.78 Å². The average molecular weight is 1150 g/mol. The molecular formula is C55H101N4O19P. The van der Waals surface area contributed by atoms with E-state index < -0.39 is 31.8 Å². The van der Waals surface area contributed by atoms with Gasteiger partial charge in [0.1, 0.15) is 30.8 Å². The van der Waals surface area contributed by atoms with Gasteiger partial charge in [-0.25, -0.2) is 9.36 Å². The first-order valence-corrected chi connectivity index (χ1v) is 29.6. The van der Waals surface area contributed by atoms with Crippen LogP contribution in [0.15, 0.2) is 24.3 Å². The van der Waals surface area contributed by atoms with E-state index in [1.54, 1.807) is 19.1 Å². The van der Waals surface area contributed by atoms with E-state index >= 15 is 0 Å². The first kappa shape index (κ1) is 76.2. The number of Topliss-reactive ketones (excluding diaryl/α,β-unsaturated/α-hetero) is 2. The lowest BCUT2D eigenvalue weighted by atomic mass is 9.99. The second-order valence-electron chi connectivity index (χ2n) is 19.2. The number of hydrogen-bond acceptors (Lipinski definition) is 14. The second kappa shape index (κ2) is 50.1. The summed E-state index contributed by atoms with van der Waals surface area (Å²) in [5.41, 5.74) is 0.685. The number of phosphoric acid groups is 1. The Bertz CT molecular complexity index is 1880. The van der Waals surface area contributed by atoms with Crippen molar-refractivity contribution >= 4 is 55.0 Å². The van der Waals surface area contributed by atoms with E-state index in [9.17, 15) is 48.0 Å². The number of aliphatic carboxylic acids is 2. The van der Waals surface area contributed by atoms with Crippen molar-refractivity contribution in [1.29, 1.82) is 0 Å². The standard InChI is InChI=1S/C29H48N3O12P.C26H47NO6.H2O.2H2/c1-4-40-15-17-42-21-28(35)31-13-14-41-16-18-43-20-27(34)30-12-6-5-7-22(2)29(36)32-26(23(3)33)19-24-8-10-25(11-9-24)44-45(37,38)39;1-2-17-22(28)20-21-23(26(32)33)27-24(29)18-15-13-11-9-7-5-3-4-6-8-10-12-14-16-19-25(30)31;;;/h8-11,22,26H,4-7,12-21H2,1-3H3,(H,30,34)(H,31,35)(H,32,36)(H2,37,38,39);23H,2-21H2,1H3,(H,27,29)(H,30,31)(H,32,33);1H2;2*1H/t22-,26-;23-;;;/m00.../s1. The third-order valence-corrected chi connectivity index (χ3v) is 12.6. The van der Waals surface area contributed by atoms with Crippen molar-refractivity contribution in [2.45, 2.75) is 194 Å². The minimum Gasteiger partial charge on any atom is -0.481 e. The topological polar surface area (TPSA) is 360 Å². The van der Waals surface area contributed by atoms with Crippen molar-refractivity contribution in [1.82, 2.24) is 21.3 Å². The van der Waals surface area contributed by atoms with Crippen LogP contribution < -0.4 is 25.8 Å². The minimum absolute atomic E-state index is 0. The fourth-order valence-corrected chi connectivity index (χ4v) is 8.09. The molecule has 79 heavy (non-hydrogen) atoms. The monoisotopic (exact) mass is 1150 g/mol. The van der Waals surface area contributed by atoms with Gasteiger partial charge < -0.3 is 60.4 Å². The number of ether oxygens (including phenoxy) is 4. The van der Waals surface area contributed by atoms with Gasteiger partial charge in [-0.3, -0.25) is 43.3 Å².